The third-order valence-corrected chi connectivity index (χ3v) is 9.50. The van der Waals surface area contributed by atoms with Gasteiger partial charge in [0.15, 0.2) is 0 Å². The van der Waals surface area contributed by atoms with Crippen LogP contribution in [0.5, 0.6) is 11.5 Å². The molecule has 5 heteroatoms. The monoisotopic (exact) mass is 633 g/mol. The zero-order chi connectivity index (χ0) is 33.4. The van der Waals surface area contributed by atoms with E-state index >= 15 is 0 Å². The summed E-state index contributed by atoms with van der Waals surface area (Å²) < 4.78 is 2.19. The largest absolute Gasteiger partial charge is 0.507 e. The minimum Gasteiger partial charge on any atom is -0.507 e. The van der Waals surface area contributed by atoms with Crippen molar-refractivity contribution in [3.05, 3.63) is 138 Å². The molecular formula is C43H43N3O2. The molecule has 242 valence electrons. The summed E-state index contributed by atoms with van der Waals surface area (Å²) in [6, 6.07) is 39.8. The van der Waals surface area contributed by atoms with Crippen molar-refractivity contribution in [2.45, 2.75) is 26.8 Å². The van der Waals surface area contributed by atoms with Gasteiger partial charge < -0.3 is 19.7 Å². The summed E-state index contributed by atoms with van der Waals surface area (Å²) in [6.45, 7) is 7.24. The second kappa shape index (κ2) is 13.2. The molecule has 0 aliphatic rings. The van der Waals surface area contributed by atoms with E-state index in [9.17, 15) is 10.2 Å². The highest BCUT2D eigenvalue weighted by Gasteiger charge is 2.20. The summed E-state index contributed by atoms with van der Waals surface area (Å²) in [4.78, 5) is 4.58. The molecule has 6 aromatic carbocycles. The molecule has 0 radical (unpaired) electrons. The number of aryl methyl sites for hydroxylation is 2. The SMILES string of the molecule is Cc1cc(CCN(CCN(C)C)Cc2cc(C)cc(-n3c4ccccc4c4ccccc43)c2O)c(O)c(-c2cccc3ccccc23)c1. The van der Waals surface area contributed by atoms with Crippen LogP contribution in [0.1, 0.15) is 22.3 Å². The first-order valence-electron chi connectivity index (χ1n) is 16.8. The van der Waals surface area contributed by atoms with Crippen molar-refractivity contribution in [2.75, 3.05) is 33.7 Å². The van der Waals surface area contributed by atoms with E-state index in [2.05, 4.69) is 152 Å². The van der Waals surface area contributed by atoms with Crippen LogP contribution in [-0.4, -0.2) is 58.3 Å². The molecule has 0 unspecified atom stereocenters. The number of hydrogen-bond acceptors (Lipinski definition) is 4. The van der Waals surface area contributed by atoms with E-state index in [-0.39, 0.29) is 0 Å². The van der Waals surface area contributed by atoms with Gasteiger partial charge in [0.2, 0.25) is 0 Å². The molecule has 0 bridgehead atoms. The average molecular weight is 634 g/mol. The summed E-state index contributed by atoms with van der Waals surface area (Å²) in [5, 5.41) is 28.3. The lowest BCUT2D eigenvalue weighted by molar-refractivity contribution is 0.233. The third kappa shape index (κ3) is 6.03. The Kier molecular flexibility index (Phi) is 8.65. The molecule has 0 aliphatic carbocycles. The van der Waals surface area contributed by atoms with Gasteiger partial charge in [-0.05, 0) is 91.7 Å². The highest BCUT2D eigenvalue weighted by Crippen LogP contribution is 2.39. The summed E-state index contributed by atoms with van der Waals surface area (Å²) in [5.41, 5.74) is 8.92. The van der Waals surface area contributed by atoms with Gasteiger partial charge in [0.25, 0.3) is 0 Å². The molecule has 0 fully saturated rings. The molecule has 0 saturated heterocycles. The number of nitrogens with zero attached hydrogens (tertiary/aromatic N) is 3. The number of para-hydroxylation sites is 2. The van der Waals surface area contributed by atoms with Crippen LogP contribution < -0.4 is 0 Å². The molecule has 0 spiro atoms. The minimum atomic E-state index is 0.304. The van der Waals surface area contributed by atoms with Crippen molar-refractivity contribution in [1.82, 2.24) is 14.4 Å². The van der Waals surface area contributed by atoms with Crippen molar-refractivity contribution in [3.63, 3.8) is 0 Å². The van der Waals surface area contributed by atoms with Gasteiger partial charge in [-0.3, -0.25) is 4.90 Å². The maximum absolute atomic E-state index is 11.9. The highest BCUT2D eigenvalue weighted by molar-refractivity contribution is 6.09. The molecule has 48 heavy (non-hydrogen) atoms. The van der Waals surface area contributed by atoms with Gasteiger partial charge in [0.05, 0.1) is 16.7 Å². The van der Waals surface area contributed by atoms with E-state index in [1.807, 2.05) is 6.07 Å². The van der Waals surface area contributed by atoms with E-state index in [4.69, 9.17) is 0 Å². The summed E-state index contributed by atoms with van der Waals surface area (Å²) in [5.74, 6) is 0.648. The Morgan fingerprint density at radius 2 is 1.17 bits per heavy atom. The van der Waals surface area contributed by atoms with Crippen LogP contribution in [0.15, 0.2) is 115 Å². The second-order valence-corrected chi connectivity index (χ2v) is 13.3. The van der Waals surface area contributed by atoms with Crippen molar-refractivity contribution in [1.29, 1.82) is 0 Å². The first-order chi connectivity index (χ1) is 23.3. The van der Waals surface area contributed by atoms with Crippen molar-refractivity contribution in [2.24, 2.45) is 0 Å². The number of aromatic nitrogens is 1. The highest BCUT2D eigenvalue weighted by atomic mass is 16.3. The van der Waals surface area contributed by atoms with E-state index in [0.29, 0.717) is 24.5 Å². The zero-order valence-corrected chi connectivity index (χ0v) is 28.2. The molecule has 0 amide bonds. The molecule has 1 heterocycles. The quantitative estimate of drug-likeness (QED) is 0.158. The molecule has 7 aromatic rings. The van der Waals surface area contributed by atoms with E-state index in [0.717, 1.165) is 80.5 Å². The van der Waals surface area contributed by atoms with Crippen LogP contribution >= 0.6 is 0 Å². The fourth-order valence-corrected chi connectivity index (χ4v) is 7.15. The van der Waals surface area contributed by atoms with Crippen LogP contribution in [0.25, 0.3) is 49.4 Å². The van der Waals surface area contributed by atoms with Crippen LogP contribution in [0.4, 0.5) is 0 Å². The Balaban J connectivity index is 1.23. The summed E-state index contributed by atoms with van der Waals surface area (Å²) in [6.07, 6.45) is 0.686. The Bertz CT molecular complexity index is 2210. The lowest BCUT2D eigenvalue weighted by Gasteiger charge is -2.26. The Morgan fingerprint density at radius 3 is 1.88 bits per heavy atom. The van der Waals surface area contributed by atoms with Gasteiger partial charge in [-0.2, -0.15) is 0 Å². The van der Waals surface area contributed by atoms with Crippen molar-refractivity contribution >= 4 is 32.6 Å². The fraction of sp³-hybridized carbons (Fsp3) is 0.209. The van der Waals surface area contributed by atoms with Crippen LogP contribution in [0, 0.1) is 13.8 Å². The number of likely N-dealkylation sites (N-methyl/N-ethyl adjacent to an activating group) is 1. The van der Waals surface area contributed by atoms with Gasteiger partial charge in [-0.1, -0.05) is 91.0 Å². The molecule has 0 aliphatic heterocycles. The molecule has 0 atom stereocenters. The van der Waals surface area contributed by atoms with Crippen molar-refractivity contribution in [3.8, 4) is 28.3 Å². The smallest absolute Gasteiger partial charge is 0.144 e. The zero-order valence-electron chi connectivity index (χ0n) is 28.2. The first kappa shape index (κ1) is 31.5. The van der Waals surface area contributed by atoms with E-state index in [1.54, 1.807) is 0 Å². The lowest BCUT2D eigenvalue weighted by atomic mass is 9.93. The summed E-state index contributed by atoms with van der Waals surface area (Å²) in [7, 11) is 4.18. The Morgan fingerprint density at radius 1 is 0.562 bits per heavy atom. The van der Waals surface area contributed by atoms with Crippen molar-refractivity contribution < 1.29 is 10.2 Å². The van der Waals surface area contributed by atoms with Gasteiger partial charge in [0, 0.05) is 48.1 Å². The number of fused-ring (bicyclic) bond motifs is 4. The van der Waals surface area contributed by atoms with E-state index < -0.39 is 0 Å². The number of phenols is 2. The maximum Gasteiger partial charge on any atom is 0.144 e. The van der Waals surface area contributed by atoms with Gasteiger partial charge >= 0.3 is 0 Å². The number of aromatic hydroxyl groups is 2. The predicted octanol–water partition coefficient (Wildman–Crippen LogP) is 9.24. The Labute approximate surface area is 282 Å². The molecular weight excluding hydrogens is 590 g/mol. The maximum atomic E-state index is 11.9. The third-order valence-electron chi connectivity index (χ3n) is 9.50. The minimum absolute atomic E-state index is 0.304. The molecule has 0 saturated carbocycles. The number of rotatable bonds is 10. The molecule has 5 nitrogen and oxygen atoms in total. The van der Waals surface area contributed by atoms with E-state index in [1.165, 1.54) is 10.8 Å². The van der Waals surface area contributed by atoms with Crippen LogP contribution in [0.2, 0.25) is 0 Å². The van der Waals surface area contributed by atoms with Gasteiger partial charge in [-0.15, -0.1) is 0 Å². The van der Waals surface area contributed by atoms with Crippen LogP contribution in [0.3, 0.4) is 0 Å². The number of hydrogen-bond donors (Lipinski definition) is 2. The normalized spacial score (nSPS) is 11.9. The average Bonchev–Trinajstić information content (AvgIpc) is 3.42. The van der Waals surface area contributed by atoms with Gasteiger partial charge in [0.1, 0.15) is 11.5 Å². The second-order valence-electron chi connectivity index (χ2n) is 13.3. The topological polar surface area (TPSA) is 51.9 Å². The molecule has 2 N–H and O–H groups in total. The first-order valence-corrected chi connectivity index (χ1v) is 16.8. The number of phenolic OH excluding ortho intramolecular Hbond substituents is 2. The molecule has 7 rings (SSSR count). The predicted molar refractivity (Wildman–Crippen MR) is 201 cm³/mol. The standard InChI is InChI=1S/C43H43N3O2/c1-29-24-32(42(47)38(26-29)35-17-11-13-31-12-5-6-14-34(31)35)20-21-45(23-22-44(3)4)28-33-25-30(2)27-41(43(33)48)46-39-18-9-7-15-36(39)37-16-8-10-19-40(37)46/h5-19,24-27,47-48H,20-23,28H2,1-4H3. The lowest BCUT2D eigenvalue weighted by Crippen LogP contribution is -2.33. The number of benzene rings is 6. The molecule has 1 aromatic heterocycles. The fourth-order valence-electron chi connectivity index (χ4n) is 7.15. The van der Waals surface area contributed by atoms with Gasteiger partial charge in [-0.25, -0.2) is 0 Å². The Hall–Kier alpha value is -5.10. The van der Waals surface area contributed by atoms with Crippen LogP contribution in [-0.2, 0) is 13.0 Å². The summed E-state index contributed by atoms with van der Waals surface area (Å²) >= 11 is 0.